The van der Waals surface area contributed by atoms with Gasteiger partial charge in [0.2, 0.25) is 11.1 Å². The summed E-state index contributed by atoms with van der Waals surface area (Å²) >= 11 is 1.46. The molecule has 0 aliphatic rings. The minimum Gasteiger partial charge on any atom is -0.326 e. The highest BCUT2D eigenvalue weighted by Gasteiger charge is 2.16. The predicted molar refractivity (Wildman–Crippen MR) is 125 cm³/mol. The average Bonchev–Trinajstić information content (AvgIpc) is 3.41. The number of carbonyl (C=O) groups excluding carboxylic acids is 1. The number of imidazole rings is 1. The lowest BCUT2D eigenvalue weighted by molar-refractivity contribution is -0.115. The molecule has 0 aliphatic carbocycles. The van der Waals surface area contributed by atoms with Crippen molar-refractivity contribution < 1.29 is 4.79 Å². The molecule has 1 N–H and O–H groups in total. The van der Waals surface area contributed by atoms with Gasteiger partial charge in [-0.15, -0.1) is 5.10 Å². The van der Waals surface area contributed by atoms with Crippen LogP contribution in [0.15, 0.2) is 60.0 Å². The molecule has 0 aliphatic heterocycles. The zero-order valence-corrected chi connectivity index (χ0v) is 18.7. The Morgan fingerprint density at radius 3 is 2.62 bits per heavy atom. The van der Waals surface area contributed by atoms with Crippen LogP contribution in [-0.2, 0) is 11.2 Å². The third kappa shape index (κ3) is 3.60. The SMILES string of the molecule is CSc1nc2nc(C)c(CC(=O)Nc3ccc(-n4cnc5ccccc54)cc3)c(C)n2n1. The fraction of sp³-hybridized carbons (Fsp3) is 0.174. The number of fused-ring (bicyclic) bond motifs is 2. The molecule has 3 heterocycles. The Hall–Kier alpha value is -3.72. The Balaban J connectivity index is 1.34. The van der Waals surface area contributed by atoms with Gasteiger partial charge in [-0.3, -0.25) is 9.36 Å². The van der Waals surface area contributed by atoms with Gasteiger partial charge in [-0.25, -0.2) is 14.5 Å². The number of rotatable bonds is 5. The maximum Gasteiger partial charge on any atom is 0.253 e. The first-order valence-electron chi connectivity index (χ1n) is 10.1. The molecule has 0 atom stereocenters. The van der Waals surface area contributed by atoms with Gasteiger partial charge < -0.3 is 5.32 Å². The lowest BCUT2D eigenvalue weighted by atomic mass is 10.1. The van der Waals surface area contributed by atoms with Gasteiger partial charge in [0.1, 0.15) is 6.33 Å². The van der Waals surface area contributed by atoms with E-state index >= 15 is 0 Å². The molecule has 0 bridgehead atoms. The van der Waals surface area contributed by atoms with Crippen LogP contribution in [0.1, 0.15) is 17.0 Å². The van der Waals surface area contributed by atoms with Crippen molar-refractivity contribution in [2.75, 3.05) is 11.6 Å². The molecule has 32 heavy (non-hydrogen) atoms. The third-order valence-corrected chi connectivity index (χ3v) is 5.97. The molecule has 160 valence electrons. The second kappa shape index (κ2) is 8.08. The van der Waals surface area contributed by atoms with Crippen LogP contribution in [0.4, 0.5) is 5.69 Å². The summed E-state index contributed by atoms with van der Waals surface area (Å²) in [4.78, 5) is 26.1. The van der Waals surface area contributed by atoms with Gasteiger partial charge in [-0.2, -0.15) is 4.98 Å². The number of nitrogens with zero attached hydrogens (tertiary/aromatic N) is 6. The zero-order chi connectivity index (χ0) is 22.2. The number of thioether (sulfide) groups is 1. The Morgan fingerprint density at radius 1 is 1.06 bits per heavy atom. The maximum absolute atomic E-state index is 12.8. The van der Waals surface area contributed by atoms with Gasteiger partial charge in [0, 0.05) is 28.3 Å². The standard InChI is InChI=1S/C23H21N7OS/c1-14-18(15(2)30-22(25-14)27-23(28-30)32-3)12-21(31)26-16-8-10-17(11-9-16)29-13-24-19-6-4-5-7-20(19)29/h4-11,13H,12H2,1-3H3,(H,26,31). The summed E-state index contributed by atoms with van der Waals surface area (Å²) in [6, 6.07) is 15.7. The highest BCUT2D eigenvalue weighted by Crippen LogP contribution is 2.21. The number of amides is 1. The van der Waals surface area contributed by atoms with E-state index in [4.69, 9.17) is 0 Å². The number of carbonyl (C=O) groups is 1. The van der Waals surface area contributed by atoms with E-state index in [1.165, 1.54) is 11.8 Å². The zero-order valence-electron chi connectivity index (χ0n) is 17.9. The molecule has 0 unspecified atom stereocenters. The molecular weight excluding hydrogens is 422 g/mol. The topological polar surface area (TPSA) is 90.0 Å². The van der Waals surface area contributed by atoms with Crippen LogP contribution in [-0.4, -0.2) is 41.3 Å². The van der Waals surface area contributed by atoms with Crippen molar-refractivity contribution in [2.24, 2.45) is 0 Å². The van der Waals surface area contributed by atoms with E-state index in [2.05, 4.69) is 25.4 Å². The van der Waals surface area contributed by atoms with E-state index in [-0.39, 0.29) is 12.3 Å². The molecule has 0 saturated heterocycles. The Labute approximate surface area is 188 Å². The number of para-hydroxylation sites is 2. The summed E-state index contributed by atoms with van der Waals surface area (Å²) in [5.74, 6) is 0.444. The molecule has 5 aromatic rings. The molecule has 0 fully saturated rings. The summed E-state index contributed by atoms with van der Waals surface area (Å²) in [7, 11) is 0. The summed E-state index contributed by atoms with van der Waals surface area (Å²) in [6.45, 7) is 3.83. The van der Waals surface area contributed by atoms with Crippen molar-refractivity contribution in [3.05, 3.63) is 71.8 Å². The van der Waals surface area contributed by atoms with Crippen LogP contribution in [0.5, 0.6) is 0 Å². The second-order valence-electron chi connectivity index (χ2n) is 7.45. The summed E-state index contributed by atoms with van der Waals surface area (Å²) in [6.07, 6.45) is 3.94. The van der Waals surface area contributed by atoms with Gasteiger partial charge in [0.05, 0.1) is 17.5 Å². The van der Waals surface area contributed by atoms with Crippen LogP contribution in [0.3, 0.4) is 0 Å². The van der Waals surface area contributed by atoms with E-state index in [0.29, 0.717) is 10.9 Å². The van der Waals surface area contributed by atoms with E-state index < -0.39 is 0 Å². The van der Waals surface area contributed by atoms with Gasteiger partial charge in [0.25, 0.3) is 5.78 Å². The highest BCUT2D eigenvalue weighted by molar-refractivity contribution is 7.98. The van der Waals surface area contributed by atoms with Crippen molar-refractivity contribution in [3.8, 4) is 5.69 Å². The maximum atomic E-state index is 12.8. The molecule has 0 spiro atoms. The number of aryl methyl sites for hydroxylation is 2. The Bertz CT molecular complexity index is 1450. The fourth-order valence-electron chi connectivity index (χ4n) is 3.77. The summed E-state index contributed by atoms with van der Waals surface area (Å²) in [5, 5.41) is 8.08. The van der Waals surface area contributed by atoms with E-state index in [1.807, 2.05) is 73.2 Å². The fourth-order valence-corrected chi connectivity index (χ4v) is 4.10. The van der Waals surface area contributed by atoms with Gasteiger partial charge in [-0.1, -0.05) is 23.9 Å². The van der Waals surface area contributed by atoms with Gasteiger partial charge >= 0.3 is 0 Å². The number of nitrogens with one attached hydrogen (secondary N) is 1. The largest absolute Gasteiger partial charge is 0.326 e. The number of benzene rings is 2. The van der Waals surface area contributed by atoms with Crippen molar-refractivity contribution in [1.29, 1.82) is 0 Å². The molecule has 1 amide bonds. The van der Waals surface area contributed by atoms with E-state index in [0.717, 1.165) is 39.4 Å². The molecule has 0 saturated carbocycles. The van der Waals surface area contributed by atoms with Crippen LogP contribution < -0.4 is 5.32 Å². The molecular formula is C23H21N7OS. The van der Waals surface area contributed by atoms with E-state index in [1.54, 1.807) is 10.8 Å². The summed E-state index contributed by atoms with van der Waals surface area (Å²) in [5.41, 5.74) is 6.21. The lowest BCUT2D eigenvalue weighted by Crippen LogP contribution is -2.17. The van der Waals surface area contributed by atoms with Gasteiger partial charge in [0.15, 0.2) is 0 Å². The first-order chi connectivity index (χ1) is 15.5. The molecule has 0 radical (unpaired) electrons. The van der Waals surface area contributed by atoms with Gasteiger partial charge in [-0.05, 0) is 56.5 Å². The minimum atomic E-state index is -0.108. The third-order valence-electron chi connectivity index (χ3n) is 5.43. The van der Waals surface area contributed by atoms with Crippen molar-refractivity contribution in [2.45, 2.75) is 25.4 Å². The van der Waals surface area contributed by atoms with Crippen molar-refractivity contribution in [3.63, 3.8) is 0 Å². The molecule has 9 heteroatoms. The quantitative estimate of drug-likeness (QED) is 0.413. The van der Waals surface area contributed by atoms with Crippen LogP contribution in [0, 0.1) is 13.8 Å². The number of hydrogen-bond acceptors (Lipinski definition) is 6. The molecule has 3 aromatic heterocycles. The molecule has 8 nitrogen and oxygen atoms in total. The minimum absolute atomic E-state index is 0.108. The number of anilines is 1. The van der Waals surface area contributed by atoms with Crippen molar-refractivity contribution in [1.82, 2.24) is 29.1 Å². The number of hydrogen-bond donors (Lipinski definition) is 1. The average molecular weight is 444 g/mol. The molecule has 2 aromatic carbocycles. The van der Waals surface area contributed by atoms with Crippen LogP contribution >= 0.6 is 11.8 Å². The monoisotopic (exact) mass is 443 g/mol. The molecule has 5 rings (SSSR count). The normalized spacial score (nSPS) is 11.3. The second-order valence-corrected chi connectivity index (χ2v) is 8.22. The number of aromatic nitrogens is 6. The smallest absolute Gasteiger partial charge is 0.253 e. The first-order valence-corrected chi connectivity index (χ1v) is 11.3. The summed E-state index contributed by atoms with van der Waals surface area (Å²) < 4.78 is 3.72. The van der Waals surface area contributed by atoms with Crippen molar-refractivity contribution >= 4 is 40.2 Å². The Morgan fingerprint density at radius 2 is 1.84 bits per heavy atom. The first kappa shape index (κ1) is 20.2. The lowest BCUT2D eigenvalue weighted by Gasteiger charge is -2.11. The highest BCUT2D eigenvalue weighted by atomic mass is 32.2. The van der Waals surface area contributed by atoms with Crippen LogP contribution in [0.2, 0.25) is 0 Å². The van der Waals surface area contributed by atoms with E-state index in [9.17, 15) is 4.79 Å². The Kier molecular flexibility index (Phi) is 5.10. The predicted octanol–water partition coefficient (Wildman–Crippen LogP) is 3.98. The van der Waals surface area contributed by atoms with Crippen LogP contribution in [0.25, 0.3) is 22.5 Å².